The molecule has 1 aliphatic heterocycles. The van der Waals surface area contributed by atoms with E-state index in [1.54, 1.807) is 38.3 Å². The Morgan fingerprint density at radius 3 is 2.00 bits per heavy atom. The number of ether oxygens (including phenoxy) is 1. The number of ketones is 1. The van der Waals surface area contributed by atoms with Crippen LogP contribution in [0.3, 0.4) is 0 Å². The summed E-state index contributed by atoms with van der Waals surface area (Å²) in [5.74, 6) is -2.14. The molecule has 1 saturated heterocycles. The number of aromatic carboxylic acids is 1. The minimum Gasteiger partial charge on any atom is -0.497 e. The maximum atomic E-state index is 11.6. The van der Waals surface area contributed by atoms with Gasteiger partial charge in [-0.05, 0) is 73.2 Å². The molecule has 3 aromatic rings. The largest absolute Gasteiger partial charge is 0.497 e. The molecule has 0 bridgehead atoms. The van der Waals surface area contributed by atoms with Gasteiger partial charge in [-0.3, -0.25) is 4.79 Å². The van der Waals surface area contributed by atoms with Crippen molar-refractivity contribution >= 4 is 35.1 Å². The Bertz CT molecular complexity index is 1440. The van der Waals surface area contributed by atoms with Crippen LogP contribution >= 0.6 is 0 Å². The van der Waals surface area contributed by atoms with Crippen molar-refractivity contribution in [3.63, 3.8) is 0 Å². The third-order valence-corrected chi connectivity index (χ3v) is 6.39. The van der Waals surface area contributed by atoms with Crippen LogP contribution in [0, 0.1) is 0 Å². The number of halogens is 3. The number of guanidine groups is 1. The molecule has 0 saturated carbocycles. The van der Waals surface area contributed by atoms with Gasteiger partial charge in [0.1, 0.15) is 5.75 Å². The molecule has 0 aromatic heterocycles. The van der Waals surface area contributed by atoms with E-state index >= 15 is 0 Å². The number of rotatable bonds is 7. The SMILES string of the molecule is COc1cccc(CN=C(Nc2ccc(C(=O)O)cc2)N2CCN(c3ccc(C(C)=O)cc3)CC2)c1.O=C(O)C(F)(F)F. The zero-order chi connectivity index (χ0) is 31.6. The second-order valence-electron chi connectivity index (χ2n) is 9.38. The lowest BCUT2D eigenvalue weighted by atomic mass is 10.1. The molecular weight excluding hydrogens is 569 g/mol. The summed E-state index contributed by atoms with van der Waals surface area (Å²) in [5, 5.41) is 19.7. The number of carboxylic acid groups (broad SMARTS) is 2. The highest BCUT2D eigenvalue weighted by Gasteiger charge is 2.38. The third-order valence-electron chi connectivity index (χ3n) is 6.39. The topological polar surface area (TPSA) is 132 Å². The molecule has 228 valence electrons. The summed E-state index contributed by atoms with van der Waals surface area (Å²) in [4.78, 5) is 41.1. The molecule has 3 aromatic carbocycles. The second kappa shape index (κ2) is 14.7. The van der Waals surface area contributed by atoms with Crippen molar-refractivity contribution in [2.45, 2.75) is 19.6 Å². The summed E-state index contributed by atoms with van der Waals surface area (Å²) < 4.78 is 37.1. The Hall–Kier alpha value is -5.07. The first kappa shape index (κ1) is 32.4. The van der Waals surface area contributed by atoms with Crippen LogP contribution in [0.4, 0.5) is 24.5 Å². The highest BCUT2D eigenvalue weighted by atomic mass is 19.4. The number of alkyl halides is 3. The number of aliphatic imine (C=N–C) groups is 1. The van der Waals surface area contributed by atoms with Crippen LogP contribution in [-0.4, -0.2) is 78.3 Å². The number of nitrogens with one attached hydrogen (secondary N) is 1. The molecule has 0 amide bonds. The van der Waals surface area contributed by atoms with Gasteiger partial charge in [0, 0.05) is 43.1 Å². The molecular formula is C30H31F3N4O6. The molecule has 0 atom stereocenters. The molecule has 0 aliphatic carbocycles. The summed E-state index contributed by atoms with van der Waals surface area (Å²) in [6, 6.07) is 22.2. The van der Waals surface area contributed by atoms with E-state index in [2.05, 4.69) is 15.1 Å². The molecule has 13 heteroatoms. The van der Waals surface area contributed by atoms with Gasteiger partial charge in [-0.15, -0.1) is 0 Å². The fourth-order valence-electron chi connectivity index (χ4n) is 4.06. The Morgan fingerprint density at radius 2 is 1.49 bits per heavy atom. The van der Waals surface area contributed by atoms with Gasteiger partial charge in [-0.25, -0.2) is 14.6 Å². The number of anilines is 2. The van der Waals surface area contributed by atoms with E-state index in [9.17, 15) is 27.9 Å². The molecule has 3 N–H and O–H groups in total. The van der Waals surface area contributed by atoms with Crippen molar-refractivity contribution < 1.29 is 42.5 Å². The molecule has 0 spiro atoms. The van der Waals surface area contributed by atoms with E-state index < -0.39 is 18.1 Å². The van der Waals surface area contributed by atoms with Crippen LogP contribution in [0.15, 0.2) is 77.8 Å². The van der Waals surface area contributed by atoms with Gasteiger partial charge in [0.25, 0.3) is 0 Å². The molecule has 4 rings (SSSR count). The maximum Gasteiger partial charge on any atom is 0.490 e. The Labute approximate surface area is 246 Å². The number of hydrogen-bond donors (Lipinski definition) is 3. The van der Waals surface area contributed by atoms with Crippen LogP contribution in [0.25, 0.3) is 0 Å². The number of carbonyl (C=O) groups is 3. The smallest absolute Gasteiger partial charge is 0.490 e. The normalized spacial score (nSPS) is 13.5. The first-order chi connectivity index (χ1) is 20.4. The van der Waals surface area contributed by atoms with Gasteiger partial charge in [-0.2, -0.15) is 13.2 Å². The molecule has 10 nitrogen and oxygen atoms in total. The van der Waals surface area contributed by atoms with Crippen molar-refractivity contribution in [3.05, 3.63) is 89.5 Å². The first-order valence-corrected chi connectivity index (χ1v) is 13.1. The fourth-order valence-corrected chi connectivity index (χ4v) is 4.06. The number of nitrogens with zero attached hydrogens (tertiary/aromatic N) is 3. The molecule has 43 heavy (non-hydrogen) atoms. The third kappa shape index (κ3) is 9.76. The summed E-state index contributed by atoms with van der Waals surface area (Å²) in [6.07, 6.45) is -5.08. The summed E-state index contributed by atoms with van der Waals surface area (Å²) in [7, 11) is 1.64. The standard InChI is InChI=1S/C28H30N4O4.C2HF3O2/c1-20(33)22-8-12-25(13-9-22)31-14-16-32(17-15-31)28(29-19-21-4-3-5-26(18-21)36-2)30-24-10-6-23(7-11-24)27(34)35;3-2(4,5)1(6)7/h3-13,18H,14-17,19H2,1-2H3,(H,29,30)(H,34,35);(H,6,7). The van der Waals surface area contributed by atoms with E-state index in [1.165, 1.54) is 0 Å². The van der Waals surface area contributed by atoms with E-state index in [0.29, 0.717) is 12.1 Å². The zero-order valence-electron chi connectivity index (χ0n) is 23.5. The summed E-state index contributed by atoms with van der Waals surface area (Å²) in [5.41, 5.74) is 3.83. The van der Waals surface area contributed by atoms with E-state index in [1.807, 2.05) is 48.5 Å². The number of methoxy groups -OCH3 is 1. The highest BCUT2D eigenvalue weighted by molar-refractivity contribution is 5.95. The number of carbonyl (C=O) groups excluding carboxylic acids is 1. The molecule has 1 heterocycles. The first-order valence-electron chi connectivity index (χ1n) is 13.1. The second-order valence-corrected chi connectivity index (χ2v) is 9.38. The molecule has 1 fully saturated rings. The average molecular weight is 601 g/mol. The zero-order valence-corrected chi connectivity index (χ0v) is 23.5. The number of piperazine rings is 1. The predicted octanol–water partition coefficient (Wildman–Crippen LogP) is 5.02. The lowest BCUT2D eigenvalue weighted by Crippen LogP contribution is -2.50. The summed E-state index contributed by atoms with van der Waals surface area (Å²) >= 11 is 0. The van der Waals surface area contributed by atoms with Crippen LogP contribution < -0.4 is 15.0 Å². The monoisotopic (exact) mass is 600 g/mol. The van der Waals surface area contributed by atoms with E-state index in [0.717, 1.165) is 54.8 Å². The Kier molecular flexibility index (Phi) is 11.1. The Morgan fingerprint density at radius 1 is 0.907 bits per heavy atom. The number of hydrogen-bond acceptors (Lipinski definition) is 6. The van der Waals surface area contributed by atoms with Crippen LogP contribution in [-0.2, 0) is 11.3 Å². The molecule has 1 aliphatic rings. The van der Waals surface area contributed by atoms with Gasteiger partial charge < -0.3 is 30.1 Å². The van der Waals surface area contributed by atoms with Gasteiger partial charge in [-0.1, -0.05) is 12.1 Å². The average Bonchev–Trinajstić information content (AvgIpc) is 2.99. The van der Waals surface area contributed by atoms with Crippen LogP contribution in [0.1, 0.15) is 33.2 Å². The van der Waals surface area contributed by atoms with Gasteiger partial charge in [0.2, 0.25) is 0 Å². The predicted molar refractivity (Wildman–Crippen MR) is 155 cm³/mol. The van der Waals surface area contributed by atoms with Crippen LogP contribution in [0.2, 0.25) is 0 Å². The minimum atomic E-state index is -5.08. The van der Waals surface area contributed by atoms with Gasteiger partial charge in [0.05, 0.1) is 19.2 Å². The fraction of sp³-hybridized carbons (Fsp3) is 0.267. The lowest BCUT2D eigenvalue weighted by Gasteiger charge is -2.37. The van der Waals surface area contributed by atoms with Crippen molar-refractivity contribution in [2.24, 2.45) is 4.99 Å². The number of benzene rings is 3. The van der Waals surface area contributed by atoms with E-state index in [4.69, 9.17) is 19.6 Å². The van der Waals surface area contributed by atoms with Crippen LogP contribution in [0.5, 0.6) is 5.75 Å². The minimum absolute atomic E-state index is 0.0609. The number of Topliss-reactive ketones (excluding diaryl/α,β-unsaturated/α-hetero) is 1. The number of aliphatic carboxylic acids is 1. The summed E-state index contributed by atoms with van der Waals surface area (Å²) in [6.45, 7) is 5.16. The van der Waals surface area contributed by atoms with Crippen molar-refractivity contribution in [1.29, 1.82) is 0 Å². The quantitative estimate of drug-likeness (QED) is 0.194. The van der Waals surface area contributed by atoms with E-state index in [-0.39, 0.29) is 11.3 Å². The number of carboxylic acids is 2. The van der Waals surface area contributed by atoms with Crippen molar-refractivity contribution in [1.82, 2.24) is 4.90 Å². The van der Waals surface area contributed by atoms with Crippen molar-refractivity contribution in [3.8, 4) is 5.75 Å². The molecule has 0 radical (unpaired) electrons. The lowest BCUT2D eigenvalue weighted by molar-refractivity contribution is -0.192. The van der Waals surface area contributed by atoms with Crippen molar-refractivity contribution in [2.75, 3.05) is 43.5 Å². The molecule has 0 unspecified atom stereocenters. The Balaban J connectivity index is 0.000000646. The highest BCUT2D eigenvalue weighted by Crippen LogP contribution is 2.20. The van der Waals surface area contributed by atoms with Gasteiger partial charge >= 0.3 is 18.1 Å². The van der Waals surface area contributed by atoms with Gasteiger partial charge in [0.15, 0.2) is 11.7 Å². The maximum absolute atomic E-state index is 11.6.